The van der Waals surface area contributed by atoms with Crippen LogP contribution in [0.15, 0.2) is 24.3 Å². The molecular formula is C22H31NO2. The van der Waals surface area contributed by atoms with Crippen LogP contribution in [0.25, 0.3) is 0 Å². The first-order valence-electron chi connectivity index (χ1n) is 9.82. The summed E-state index contributed by atoms with van der Waals surface area (Å²) in [5, 5.41) is 3.25. The molecule has 3 nitrogen and oxygen atoms in total. The molecule has 3 heteroatoms. The lowest BCUT2D eigenvalue weighted by molar-refractivity contribution is -0.150. The van der Waals surface area contributed by atoms with Gasteiger partial charge in [0, 0.05) is 13.2 Å². The number of aryl methyl sites for hydroxylation is 1. The van der Waals surface area contributed by atoms with Crippen molar-refractivity contribution in [2.75, 3.05) is 13.7 Å². The molecule has 4 saturated carbocycles. The Morgan fingerprint density at radius 1 is 1.20 bits per heavy atom. The van der Waals surface area contributed by atoms with Crippen molar-refractivity contribution < 1.29 is 9.53 Å². The minimum absolute atomic E-state index is 0.0841. The summed E-state index contributed by atoms with van der Waals surface area (Å²) in [5.74, 6) is 1.71. The maximum Gasteiger partial charge on any atom is 0.226 e. The zero-order valence-corrected chi connectivity index (χ0v) is 15.8. The van der Waals surface area contributed by atoms with Gasteiger partial charge in [-0.25, -0.2) is 0 Å². The minimum Gasteiger partial charge on any atom is -0.383 e. The van der Waals surface area contributed by atoms with E-state index in [0.717, 1.165) is 19.3 Å². The van der Waals surface area contributed by atoms with Crippen LogP contribution in [-0.4, -0.2) is 25.7 Å². The molecule has 5 rings (SSSR count). The molecule has 1 N–H and O–H groups in total. The highest BCUT2D eigenvalue weighted by Crippen LogP contribution is 2.65. The number of carbonyl (C=O) groups excluding carboxylic acids is 1. The smallest absolute Gasteiger partial charge is 0.226 e. The number of methoxy groups -OCH3 is 1. The van der Waals surface area contributed by atoms with Crippen molar-refractivity contribution in [2.45, 2.75) is 63.8 Å². The number of carbonyl (C=O) groups is 1. The van der Waals surface area contributed by atoms with Crippen LogP contribution in [-0.2, 0) is 14.9 Å². The summed E-state index contributed by atoms with van der Waals surface area (Å²) in [6.07, 6.45) is 7.08. The molecule has 4 aliphatic carbocycles. The fraction of sp³-hybridized carbons (Fsp3) is 0.682. The molecule has 1 aromatic carbocycles. The van der Waals surface area contributed by atoms with E-state index in [1.165, 1.54) is 30.4 Å². The lowest BCUT2D eigenvalue weighted by atomic mass is 9.42. The molecule has 0 radical (unpaired) electrons. The van der Waals surface area contributed by atoms with Crippen LogP contribution in [0.3, 0.4) is 0 Å². The SMILES string of the molecule is COC[C@@H](C)NC(=O)C12C[C@H]3C[C@@H](C1)CC(c1ccc(C)cc1)(C3)C2. The molecular weight excluding hydrogens is 310 g/mol. The van der Waals surface area contributed by atoms with E-state index in [4.69, 9.17) is 4.74 Å². The zero-order valence-electron chi connectivity index (χ0n) is 15.8. The van der Waals surface area contributed by atoms with Crippen molar-refractivity contribution in [3.8, 4) is 0 Å². The summed E-state index contributed by atoms with van der Waals surface area (Å²) in [6, 6.07) is 9.20. The van der Waals surface area contributed by atoms with Gasteiger partial charge in [0.2, 0.25) is 5.91 Å². The number of benzene rings is 1. The summed E-state index contributed by atoms with van der Waals surface area (Å²) in [5.41, 5.74) is 2.85. The maximum atomic E-state index is 13.2. The van der Waals surface area contributed by atoms with Gasteiger partial charge in [0.25, 0.3) is 0 Å². The maximum absolute atomic E-state index is 13.2. The highest BCUT2D eigenvalue weighted by atomic mass is 16.5. The summed E-state index contributed by atoms with van der Waals surface area (Å²) in [7, 11) is 1.69. The van der Waals surface area contributed by atoms with Gasteiger partial charge in [-0.15, -0.1) is 0 Å². The van der Waals surface area contributed by atoms with E-state index in [0.29, 0.717) is 18.4 Å². The van der Waals surface area contributed by atoms with Crippen LogP contribution in [0.4, 0.5) is 0 Å². The predicted molar refractivity (Wildman–Crippen MR) is 99.5 cm³/mol. The van der Waals surface area contributed by atoms with E-state index in [9.17, 15) is 4.79 Å². The Morgan fingerprint density at radius 2 is 1.84 bits per heavy atom. The average Bonchev–Trinajstić information content (AvgIpc) is 2.54. The van der Waals surface area contributed by atoms with Crippen LogP contribution in [0.1, 0.15) is 56.6 Å². The zero-order chi connectivity index (χ0) is 17.7. The lowest BCUT2D eigenvalue weighted by Gasteiger charge is -2.61. The third-order valence-corrected chi connectivity index (χ3v) is 7.00. The molecule has 5 atom stereocenters. The van der Waals surface area contributed by atoms with Gasteiger partial charge in [0.05, 0.1) is 12.0 Å². The standard InChI is InChI=1S/C22H31NO2/c1-15-4-6-19(7-5-15)21-9-17-8-18(10-21)12-22(11-17,14-21)20(24)23-16(2)13-25-3/h4-7,16-18H,8-14H2,1-3H3,(H,23,24)/t16-,17-,18+,21?,22?/m1/s1. The van der Waals surface area contributed by atoms with Gasteiger partial charge in [0.15, 0.2) is 0 Å². The fourth-order valence-electron chi connectivity index (χ4n) is 6.44. The minimum atomic E-state index is -0.156. The lowest BCUT2D eigenvalue weighted by Crippen LogP contribution is -2.60. The van der Waals surface area contributed by atoms with E-state index in [1.807, 2.05) is 6.92 Å². The largest absolute Gasteiger partial charge is 0.383 e. The molecule has 0 heterocycles. The molecule has 1 amide bonds. The van der Waals surface area contributed by atoms with Gasteiger partial charge in [-0.1, -0.05) is 29.8 Å². The second kappa shape index (κ2) is 6.12. The average molecular weight is 341 g/mol. The monoisotopic (exact) mass is 341 g/mol. The predicted octanol–water partition coefficient (Wildman–Crippen LogP) is 3.98. The van der Waals surface area contributed by atoms with E-state index in [2.05, 4.69) is 36.5 Å². The van der Waals surface area contributed by atoms with E-state index >= 15 is 0 Å². The molecule has 0 spiro atoms. The second-order valence-corrected chi connectivity index (χ2v) is 9.22. The molecule has 4 aliphatic rings. The molecule has 0 aliphatic heterocycles. The second-order valence-electron chi connectivity index (χ2n) is 9.22. The van der Waals surface area contributed by atoms with Crippen molar-refractivity contribution in [3.63, 3.8) is 0 Å². The Morgan fingerprint density at radius 3 is 2.44 bits per heavy atom. The van der Waals surface area contributed by atoms with Gasteiger partial charge >= 0.3 is 0 Å². The third-order valence-electron chi connectivity index (χ3n) is 7.00. The summed E-state index contributed by atoms with van der Waals surface area (Å²) < 4.78 is 5.21. The first kappa shape index (κ1) is 17.1. The summed E-state index contributed by atoms with van der Waals surface area (Å²) >= 11 is 0. The third kappa shape index (κ3) is 2.91. The Bertz CT molecular complexity index is 636. The number of rotatable bonds is 5. The summed E-state index contributed by atoms with van der Waals surface area (Å²) in [6.45, 7) is 4.77. The first-order chi connectivity index (χ1) is 11.9. The number of hydrogen-bond donors (Lipinski definition) is 1. The fourth-order valence-corrected chi connectivity index (χ4v) is 6.44. The molecule has 2 unspecified atom stereocenters. The van der Waals surface area contributed by atoms with E-state index in [1.54, 1.807) is 7.11 Å². The van der Waals surface area contributed by atoms with Crippen molar-refractivity contribution in [3.05, 3.63) is 35.4 Å². The van der Waals surface area contributed by atoms with Gasteiger partial charge in [-0.05, 0) is 75.2 Å². The number of amides is 1. The van der Waals surface area contributed by atoms with E-state index in [-0.39, 0.29) is 22.8 Å². The number of hydrogen-bond acceptors (Lipinski definition) is 2. The van der Waals surface area contributed by atoms with Crippen LogP contribution in [0.5, 0.6) is 0 Å². The molecule has 1 aromatic rings. The van der Waals surface area contributed by atoms with Crippen LogP contribution in [0.2, 0.25) is 0 Å². The van der Waals surface area contributed by atoms with Crippen molar-refractivity contribution in [2.24, 2.45) is 17.3 Å². The molecule has 0 aromatic heterocycles. The highest BCUT2D eigenvalue weighted by Gasteiger charge is 2.60. The topological polar surface area (TPSA) is 38.3 Å². The van der Waals surface area contributed by atoms with Crippen LogP contribution < -0.4 is 5.32 Å². The molecule has 136 valence electrons. The number of ether oxygens (including phenoxy) is 1. The molecule has 25 heavy (non-hydrogen) atoms. The number of nitrogens with one attached hydrogen (secondary N) is 1. The normalized spacial score (nSPS) is 37.1. The van der Waals surface area contributed by atoms with Crippen LogP contribution >= 0.6 is 0 Å². The van der Waals surface area contributed by atoms with Crippen molar-refractivity contribution in [1.29, 1.82) is 0 Å². The van der Waals surface area contributed by atoms with Crippen molar-refractivity contribution >= 4 is 5.91 Å². The molecule has 0 saturated heterocycles. The Hall–Kier alpha value is -1.35. The van der Waals surface area contributed by atoms with Gasteiger partial charge in [-0.3, -0.25) is 4.79 Å². The summed E-state index contributed by atoms with van der Waals surface area (Å²) in [4.78, 5) is 13.2. The quantitative estimate of drug-likeness (QED) is 0.879. The molecule has 4 bridgehead atoms. The first-order valence-corrected chi connectivity index (χ1v) is 9.82. The molecule has 4 fully saturated rings. The Labute approximate surface area is 151 Å². The Balaban J connectivity index is 1.62. The van der Waals surface area contributed by atoms with E-state index < -0.39 is 0 Å². The van der Waals surface area contributed by atoms with Gasteiger partial charge < -0.3 is 10.1 Å². The van der Waals surface area contributed by atoms with Crippen molar-refractivity contribution in [1.82, 2.24) is 5.32 Å². The van der Waals surface area contributed by atoms with Crippen LogP contribution in [0, 0.1) is 24.2 Å². The van der Waals surface area contributed by atoms with Gasteiger partial charge in [-0.2, -0.15) is 0 Å². The Kier molecular flexibility index (Phi) is 4.18. The van der Waals surface area contributed by atoms with Gasteiger partial charge in [0.1, 0.15) is 0 Å². The highest BCUT2D eigenvalue weighted by molar-refractivity contribution is 5.83.